The number of amides is 3. The number of aliphatic hydroxyl groups is 3. The van der Waals surface area contributed by atoms with Gasteiger partial charge in [0.25, 0.3) is 0 Å². The third-order valence-corrected chi connectivity index (χ3v) is 6.11. The smallest absolute Gasteiger partial charge is 0.410 e. The van der Waals surface area contributed by atoms with Gasteiger partial charge in [-0.2, -0.15) is 13.2 Å². The van der Waals surface area contributed by atoms with E-state index in [2.05, 4.69) is 15.6 Å². The van der Waals surface area contributed by atoms with Crippen molar-refractivity contribution in [2.45, 2.75) is 36.8 Å². The molecule has 1 unspecified atom stereocenters. The summed E-state index contributed by atoms with van der Waals surface area (Å²) >= 11 is 0. The van der Waals surface area contributed by atoms with Crippen LogP contribution < -0.4 is 20.7 Å². The second-order valence-electron chi connectivity index (χ2n) is 8.71. The Labute approximate surface area is 209 Å². The average molecular weight is 528 g/mol. The Bertz CT molecular complexity index is 1080. The van der Waals surface area contributed by atoms with E-state index in [1.807, 2.05) is 4.90 Å². The molecule has 15 heteroatoms. The van der Waals surface area contributed by atoms with Gasteiger partial charge in [-0.1, -0.05) is 6.08 Å². The first-order valence-electron chi connectivity index (χ1n) is 11.5. The number of alkyl halides is 3. The summed E-state index contributed by atoms with van der Waals surface area (Å²) in [6.07, 6.45) is -0.904. The number of halogens is 3. The van der Waals surface area contributed by atoms with Crippen molar-refractivity contribution in [1.29, 1.82) is 0 Å². The first-order chi connectivity index (χ1) is 17.6. The Balaban J connectivity index is 1.49. The van der Waals surface area contributed by atoms with Gasteiger partial charge < -0.3 is 35.6 Å². The highest BCUT2D eigenvalue weighted by Crippen LogP contribution is 2.33. The number of ether oxygens (including phenoxy) is 1. The molecule has 4 rings (SSSR count). The molecule has 3 amide bonds. The lowest BCUT2D eigenvalue weighted by Gasteiger charge is -2.41. The number of carbonyl (C=O) groups excluding carboxylic acids is 2. The number of nitrogens with zero attached hydrogens (tertiary/aromatic N) is 3. The molecule has 0 radical (unpaired) electrons. The number of carbonyl (C=O) groups is 2. The van der Waals surface area contributed by atoms with Crippen molar-refractivity contribution >= 4 is 17.8 Å². The van der Waals surface area contributed by atoms with E-state index in [1.54, 1.807) is 11.4 Å². The lowest BCUT2D eigenvalue weighted by molar-refractivity contribution is -0.168. The van der Waals surface area contributed by atoms with Crippen molar-refractivity contribution in [3.63, 3.8) is 0 Å². The van der Waals surface area contributed by atoms with Crippen molar-refractivity contribution in [2.75, 3.05) is 38.2 Å². The van der Waals surface area contributed by atoms with Crippen molar-refractivity contribution in [1.82, 2.24) is 25.4 Å². The molecule has 0 spiro atoms. The second-order valence-corrected chi connectivity index (χ2v) is 8.71. The van der Waals surface area contributed by atoms with Crippen LogP contribution in [0.3, 0.4) is 0 Å². The van der Waals surface area contributed by atoms with Gasteiger partial charge in [-0.05, 0) is 18.6 Å². The molecule has 12 nitrogen and oxygen atoms in total. The number of dihydropyridines is 1. The molecule has 3 aliphatic heterocycles. The van der Waals surface area contributed by atoms with Gasteiger partial charge in [0, 0.05) is 25.4 Å². The van der Waals surface area contributed by atoms with Crippen molar-refractivity contribution < 1.29 is 42.8 Å². The summed E-state index contributed by atoms with van der Waals surface area (Å²) in [6, 6.07) is -1.54. The number of urea groups is 1. The first-order valence-corrected chi connectivity index (χ1v) is 11.5. The number of fused-ring (bicyclic) bond motifs is 3. The highest BCUT2D eigenvalue weighted by atomic mass is 19.4. The summed E-state index contributed by atoms with van der Waals surface area (Å²) in [4.78, 5) is 33.4. The molecule has 1 aromatic heterocycles. The van der Waals surface area contributed by atoms with Gasteiger partial charge in [-0.15, -0.1) is 0 Å². The molecule has 2 bridgehead atoms. The normalized spacial score (nSPS) is 22.2. The lowest BCUT2D eigenvalue weighted by atomic mass is 10.1. The molecule has 4 heterocycles. The summed E-state index contributed by atoms with van der Waals surface area (Å²) < 4.78 is 44.4. The van der Waals surface area contributed by atoms with Gasteiger partial charge in [0.05, 0.1) is 25.0 Å². The predicted molar refractivity (Wildman–Crippen MR) is 122 cm³/mol. The molecule has 6 N–H and O–H groups in total. The Morgan fingerprint density at radius 2 is 2.08 bits per heavy atom. The van der Waals surface area contributed by atoms with Gasteiger partial charge in [-0.3, -0.25) is 15.0 Å². The number of aromatic nitrogens is 1. The van der Waals surface area contributed by atoms with E-state index in [4.69, 9.17) is 14.9 Å². The van der Waals surface area contributed by atoms with E-state index in [9.17, 15) is 27.9 Å². The maximum atomic E-state index is 13.3. The molecule has 1 fully saturated rings. The number of hydrogen-bond donors (Lipinski definition) is 6. The Morgan fingerprint density at radius 1 is 1.30 bits per heavy atom. The molecule has 37 heavy (non-hydrogen) atoms. The SMILES string of the molecule is O=C(N[C@H](CO)C(F)(F)F)C1C=CC2=C(N1)N(C(=O)Nc1cc(OC[C@H](O)CO)ccn1)[C@H]1CCN2C1. The van der Waals surface area contributed by atoms with Gasteiger partial charge in [0.15, 0.2) is 0 Å². The Hall–Kier alpha value is -3.56. The molecule has 3 aliphatic rings. The summed E-state index contributed by atoms with van der Waals surface area (Å²) in [5.41, 5.74) is 0.616. The molecular weight excluding hydrogens is 501 g/mol. The van der Waals surface area contributed by atoms with Gasteiger partial charge in [-0.25, -0.2) is 9.78 Å². The van der Waals surface area contributed by atoms with Crippen LogP contribution >= 0.6 is 0 Å². The maximum Gasteiger partial charge on any atom is 0.410 e. The zero-order valence-electron chi connectivity index (χ0n) is 19.5. The topological polar surface area (TPSA) is 160 Å². The fraction of sp³-hybridized carbons (Fsp3) is 0.500. The maximum absolute atomic E-state index is 13.3. The standard InChI is InChI=1S/C22H27F3N6O6/c23-22(24,25)17(10-33)28-20(35)15-1-2-16-19(27-15)31(12-4-6-30(16)8-12)21(36)29-18-7-14(3-5-26-18)37-11-13(34)9-32/h1-3,5,7,12-13,15,17,27,32-34H,4,6,8-11H2,(H,28,35)(H,26,29,36)/t12-,13+,15?,17+/m0/s1. The van der Waals surface area contributed by atoms with E-state index in [1.165, 1.54) is 29.3 Å². The van der Waals surface area contributed by atoms with Crippen LogP contribution in [-0.2, 0) is 4.79 Å². The summed E-state index contributed by atoms with van der Waals surface area (Å²) in [7, 11) is 0. The zero-order chi connectivity index (χ0) is 26.7. The summed E-state index contributed by atoms with van der Waals surface area (Å²) in [5.74, 6) is -0.314. The van der Waals surface area contributed by atoms with E-state index < -0.39 is 49.5 Å². The molecule has 0 saturated carbocycles. The molecule has 202 valence electrons. The number of anilines is 1. The van der Waals surface area contributed by atoms with Crippen molar-refractivity contribution in [3.05, 3.63) is 42.0 Å². The summed E-state index contributed by atoms with van der Waals surface area (Å²) in [5, 5.41) is 34.7. The summed E-state index contributed by atoms with van der Waals surface area (Å²) in [6.45, 7) is -0.772. The molecular formula is C22H27F3N6O6. The minimum absolute atomic E-state index is 0.139. The fourth-order valence-corrected chi connectivity index (χ4v) is 4.23. The molecule has 0 aromatic carbocycles. The van der Waals surface area contributed by atoms with Crippen molar-refractivity contribution in [2.24, 2.45) is 0 Å². The monoisotopic (exact) mass is 528 g/mol. The van der Waals surface area contributed by atoms with E-state index in [-0.39, 0.29) is 24.3 Å². The average Bonchev–Trinajstić information content (AvgIpc) is 3.28. The molecule has 0 aliphatic carbocycles. The number of nitrogens with one attached hydrogen (secondary N) is 3. The minimum atomic E-state index is -4.82. The Morgan fingerprint density at radius 3 is 2.78 bits per heavy atom. The number of hydrogen-bond acceptors (Lipinski definition) is 9. The number of aliphatic hydroxyl groups excluding tert-OH is 3. The third kappa shape index (κ3) is 5.89. The van der Waals surface area contributed by atoms with Gasteiger partial charge >= 0.3 is 12.2 Å². The van der Waals surface area contributed by atoms with Crippen LogP contribution in [0.5, 0.6) is 5.75 Å². The molecule has 4 atom stereocenters. The van der Waals surface area contributed by atoms with Crippen LogP contribution in [0.2, 0.25) is 0 Å². The van der Waals surface area contributed by atoms with Crippen LogP contribution in [0.1, 0.15) is 6.42 Å². The molecule has 1 aromatic rings. The number of pyridine rings is 1. The van der Waals surface area contributed by atoms with Crippen LogP contribution in [-0.4, -0.2) is 105 Å². The fourth-order valence-electron chi connectivity index (χ4n) is 4.23. The number of rotatable bonds is 8. The first kappa shape index (κ1) is 26.5. The van der Waals surface area contributed by atoms with E-state index >= 15 is 0 Å². The Kier molecular flexibility index (Phi) is 7.75. The molecule has 1 saturated heterocycles. The quantitative estimate of drug-likeness (QED) is 0.261. The largest absolute Gasteiger partial charge is 0.491 e. The minimum Gasteiger partial charge on any atom is -0.491 e. The lowest BCUT2D eigenvalue weighted by Crippen LogP contribution is -2.58. The predicted octanol–water partition coefficient (Wildman–Crippen LogP) is -0.528. The van der Waals surface area contributed by atoms with Crippen LogP contribution in [0.15, 0.2) is 42.0 Å². The number of allylic oxidation sites excluding steroid dienone is 1. The second kappa shape index (κ2) is 10.8. The van der Waals surface area contributed by atoms with Crippen LogP contribution in [0, 0.1) is 0 Å². The van der Waals surface area contributed by atoms with Gasteiger partial charge in [0.2, 0.25) is 5.91 Å². The van der Waals surface area contributed by atoms with Crippen molar-refractivity contribution in [3.8, 4) is 5.75 Å². The zero-order valence-corrected chi connectivity index (χ0v) is 19.5. The third-order valence-electron chi connectivity index (χ3n) is 6.11. The van der Waals surface area contributed by atoms with Crippen LogP contribution in [0.4, 0.5) is 23.8 Å². The highest BCUT2D eigenvalue weighted by Gasteiger charge is 2.44. The van der Waals surface area contributed by atoms with E-state index in [0.717, 1.165) is 0 Å². The highest BCUT2D eigenvalue weighted by molar-refractivity contribution is 5.91. The van der Waals surface area contributed by atoms with Crippen LogP contribution in [0.25, 0.3) is 0 Å². The van der Waals surface area contributed by atoms with Gasteiger partial charge in [0.1, 0.15) is 42.2 Å². The van der Waals surface area contributed by atoms with E-state index in [0.29, 0.717) is 31.0 Å².